The lowest BCUT2D eigenvalue weighted by atomic mass is 10.2. The van der Waals surface area contributed by atoms with Crippen molar-refractivity contribution < 1.29 is 18.9 Å². The monoisotopic (exact) mass is 376 g/mol. The van der Waals surface area contributed by atoms with Gasteiger partial charge in [-0.25, -0.2) is 0 Å². The summed E-state index contributed by atoms with van der Waals surface area (Å²) in [5.41, 5.74) is 0.625. The Hall–Kier alpha value is -2.65. The van der Waals surface area contributed by atoms with Gasteiger partial charge in [-0.1, -0.05) is 24.0 Å². The number of rotatable bonds is 5. The third-order valence-electron chi connectivity index (χ3n) is 3.27. The van der Waals surface area contributed by atoms with E-state index in [1.807, 2.05) is 6.92 Å². The van der Waals surface area contributed by atoms with Gasteiger partial charge in [-0.05, 0) is 37.3 Å². The highest BCUT2D eigenvalue weighted by atomic mass is 32.2. The number of hydrogen-bond donors (Lipinski definition) is 0. The molecule has 0 atom stereocenters. The molecule has 1 aromatic carbocycles. The van der Waals surface area contributed by atoms with E-state index in [4.69, 9.17) is 21.4 Å². The molecule has 0 aliphatic carbocycles. The molecule has 1 saturated heterocycles. The minimum Gasteiger partial charge on any atom is -0.494 e. The lowest BCUT2D eigenvalue weighted by Gasteiger charge is -2.15. The SMILES string of the molecule is CCOc1ccc(N2C(=O)/C(=C/c3ccc([N+](=O)[O-])o3)SC2=S)cc1. The van der Waals surface area contributed by atoms with Crippen LogP contribution in [0.2, 0.25) is 0 Å². The van der Waals surface area contributed by atoms with Crippen molar-refractivity contribution >= 4 is 51.9 Å². The van der Waals surface area contributed by atoms with Crippen LogP contribution in [0.4, 0.5) is 11.6 Å². The average molecular weight is 376 g/mol. The number of hydrogen-bond acceptors (Lipinski definition) is 7. The van der Waals surface area contributed by atoms with Gasteiger partial charge >= 0.3 is 5.88 Å². The number of carbonyl (C=O) groups excluding carboxylic acids is 1. The highest BCUT2D eigenvalue weighted by Crippen LogP contribution is 2.36. The van der Waals surface area contributed by atoms with Crippen molar-refractivity contribution in [3.8, 4) is 5.75 Å². The largest absolute Gasteiger partial charge is 0.494 e. The zero-order valence-electron chi connectivity index (χ0n) is 13.0. The predicted molar refractivity (Wildman–Crippen MR) is 98.6 cm³/mol. The van der Waals surface area contributed by atoms with Crippen LogP contribution in [0.5, 0.6) is 5.75 Å². The summed E-state index contributed by atoms with van der Waals surface area (Å²) in [5, 5.41) is 10.7. The van der Waals surface area contributed by atoms with Crippen LogP contribution in [-0.4, -0.2) is 21.8 Å². The summed E-state index contributed by atoms with van der Waals surface area (Å²) >= 11 is 6.39. The molecule has 0 unspecified atom stereocenters. The third kappa shape index (κ3) is 3.57. The quantitative estimate of drug-likeness (QED) is 0.337. The Kier molecular flexibility index (Phi) is 4.86. The van der Waals surface area contributed by atoms with Crippen molar-refractivity contribution in [2.75, 3.05) is 11.5 Å². The normalized spacial score (nSPS) is 15.9. The van der Waals surface area contributed by atoms with E-state index in [1.54, 1.807) is 24.3 Å². The van der Waals surface area contributed by atoms with Gasteiger partial charge in [-0.15, -0.1) is 0 Å². The highest BCUT2D eigenvalue weighted by molar-refractivity contribution is 8.27. The maximum absolute atomic E-state index is 12.6. The molecule has 0 spiro atoms. The molecule has 3 rings (SSSR count). The second kappa shape index (κ2) is 7.08. The number of ether oxygens (including phenoxy) is 1. The molecule has 1 fully saturated rings. The third-order valence-corrected chi connectivity index (χ3v) is 4.57. The van der Waals surface area contributed by atoms with Gasteiger partial charge in [0, 0.05) is 6.08 Å². The molecule has 0 bridgehead atoms. The summed E-state index contributed by atoms with van der Waals surface area (Å²) in [6.45, 7) is 2.44. The fourth-order valence-corrected chi connectivity index (χ4v) is 3.47. The number of nitro groups is 1. The zero-order chi connectivity index (χ0) is 18.0. The Bertz CT molecular complexity index is 873. The van der Waals surface area contributed by atoms with Crippen LogP contribution in [0.25, 0.3) is 6.08 Å². The molecule has 1 amide bonds. The van der Waals surface area contributed by atoms with Crippen molar-refractivity contribution in [2.45, 2.75) is 6.92 Å². The van der Waals surface area contributed by atoms with E-state index in [-0.39, 0.29) is 17.6 Å². The lowest BCUT2D eigenvalue weighted by Crippen LogP contribution is -2.27. The number of nitrogens with zero attached hydrogens (tertiary/aromatic N) is 2. The van der Waals surface area contributed by atoms with Crippen LogP contribution in [0.3, 0.4) is 0 Å². The summed E-state index contributed by atoms with van der Waals surface area (Å²) in [6, 6.07) is 9.68. The number of furan rings is 1. The number of benzene rings is 1. The van der Waals surface area contributed by atoms with Crippen molar-refractivity contribution in [1.82, 2.24) is 0 Å². The second-order valence-corrected chi connectivity index (χ2v) is 6.55. The van der Waals surface area contributed by atoms with E-state index >= 15 is 0 Å². The van der Waals surface area contributed by atoms with E-state index in [9.17, 15) is 14.9 Å². The topological polar surface area (TPSA) is 85.8 Å². The molecule has 9 heteroatoms. The predicted octanol–water partition coefficient (Wildman–Crippen LogP) is 3.99. The maximum Gasteiger partial charge on any atom is 0.433 e. The van der Waals surface area contributed by atoms with E-state index in [0.29, 0.717) is 27.3 Å². The fourth-order valence-electron chi connectivity index (χ4n) is 2.20. The van der Waals surface area contributed by atoms with Crippen molar-refractivity contribution in [2.24, 2.45) is 0 Å². The number of anilines is 1. The first-order valence-corrected chi connectivity index (χ1v) is 8.47. The van der Waals surface area contributed by atoms with Crippen molar-refractivity contribution in [3.05, 3.63) is 57.2 Å². The molecule has 1 aliphatic heterocycles. The van der Waals surface area contributed by atoms with Gasteiger partial charge in [-0.2, -0.15) is 0 Å². The van der Waals surface area contributed by atoms with Crippen LogP contribution in [0.15, 0.2) is 45.7 Å². The molecule has 7 nitrogen and oxygen atoms in total. The van der Waals surface area contributed by atoms with E-state index in [1.165, 1.54) is 23.1 Å². The smallest absolute Gasteiger partial charge is 0.433 e. The van der Waals surface area contributed by atoms with Gasteiger partial charge in [-0.3, -0.25) is 19.8 Å². The first kappa shape index (κ1) is 17.2. The summed E-state index contributed by atoms with van der Waals surface area (Å²) in [5.74, 6) is 0.237. The molecule has 1 aliphatic rings. The van der Waals surface area contributed by atoms with E-state index < -0.39 is 4.92 Å². The number of thiocarbonyl (C=S) groups is 1. The molecule has 2 heterocycles. The molecular formula is C16H12N2O5S2. The molecule has 0 radical (unpaired) electrons. The summed E-state index contributed by atoms with van der Waals surface area (Å²) in [6.07, 6.45) is 1.45. The lowest BCUT2D eigenvalue weighted by molar-refractivity contribution is -0.402. The Balaban J connectivity index is 1.84. The molecule has 0 saturated carbocycles. The molecule has 128 valence electrons. The van der Waals surface area contributed by atoms with E-state index in [0.717, 1.165) is 11.8 Å². The standard InChI is InChI=1S/C16H12N2O5S2/c1-2-22-11-5-3-10(4-6-11)17-15(19)13(25-16(17)24)9-12-7-8-14(23-12)18(20)21/h3-9H,2H2,1H3/b13-9-. The molecule has 2 aromatic rings. The van der Waals surface area contributed by atoms with Crippen molar-refractivity contribution in [1.29, 1.82) is 0 Å². The Morgan fingerprint density at radius 1 is 1.32 bits per heavy atom. The molecule has 25 heavy (non-hydrogen) atoms. The second-order valence-electron chi connectivity index (χ2n) is 4.88. The van der Waals surface area contributed by atoms with Crippen molar-refractivity contribution in [3.63, 3.8) is 0 Å². The number of thioether (sulfide) groups is 1. The number of carbonyl (C=O) groups is 1. The Labute approximate surface area is 152 Å². The zero-order valence-corrected chi connectivity index (χ0v) is 14.6. The van der Waals surface area contributed by atoms with Gasteiger partial charge in [0.2, 0.25) is 0 Å². The Morgan fingerprint density at radius 2 is 2.04 bits per heavy atom. The van der Waals surface area contributed by atoms with Crippen LogP contribution < -0.4 is 9.64 Å². The van der Waals surface area contributed by atoms with Gasteiger partial charge in [0.05, 0.1) is 23.3 Å². The summed E-state index contributed by atoms with van der Waals surface area (Å²) in [7, 11) is 0. The van der Waals surface area contributed by atoms with Gasteiger partial charge in [0.1, 0.15) is 16.4 Å². The van der Waals surface area contributed by atoms with Crippen LogP contribution in [-0.2, 0) is 4.79 Å². The minimum absolute atomic E-state index is 0.221. The summed E-state index contributed by atoms with van der Waals surface area (Å²) < 4.78 is 10.8. The van der Waals surface area contributed by atoms with Gasteiger partial charge in [0.25, 0.3) is 5.91 Å². The first-order chi connectivity index (χ1) is 12.0. The van der Waals surface area contributed by atoms with E-state index in [2.05, 4.69) is 0 Å². The first-order valence-electron chi connectivity index (χ1n) is 7.24. The Morgan fingerprint density at radius 3 is 2.64 bits per heavy atom. The fraction of sp³-hybridized carbons (Fsp3) is 0.125. The van der Waals surface area contributed by atoms with Gasteiger partial charge in [0.15, 0.2) is 4.32 Å². The maximum atomic E-state index is 12.6. The van der Waals surface area contributed by atoms with Gasteiger partial charge < -0.3 is 9.15 Å². The van der Waals surface area contributed by atoms with Crippen LogP contribution in [0, 0.1) is 10.1 Å². The molecular weight excluding hydrogens is 364 g/mol. The molecule has 0 N–H and O–H groups in total. The number of amides is 1. The highest BCUT2D eigenvalue weighted by Gasteiger charge is 2.33. The minimum atomic E-state index is -0.636. The average Bonchev–Trinajstić information content (AvgIpc) is 3.15. The molecule has 1 aromatic heterocycles. The van der Waals surface area contributed by atoms with Crippen LogP contribution in [0.1, 0.15) is 12.7 Å². The van der Waals surface area contributed by atoms with Crippen LogP contribution >= 0.6 is 24.0 Å². The summed E-state index contributed by atoms with van der Waals surface area (Å²) in [4.78, 5) is 24.4.